The van der Waals surface area contributed by atoms with Crippen molar-refractivity contribution in [3.63, 3.8) is 0 Å². The number of rotatable bonds is 3. The van der Waals surface area contributed by atoms with E-state index in [4.69, 9.17) is 14.2 Å². The molecule has 0 saturated carbocycles. The summed E-state index contributed by atoms with van der Waals surface area (Å²) in [7, 11) is -6.14. The van der Waals surface area contributed by atoms with Crippen molar-refractivity contribution in [2.75, 3.05) is 6.79 Å². The van der Waals surface area contributed by atoms with Gasteiger partial charge in [0.05, 0.1) is 5.56 Å². The number of phenols is 2. The highest BCUT2D eigenvalue weighted by Gasteiger charge is 2.49. The largest absolute Gasteiger partial charge is 0.534 e. The topological polar surface area (TPSA) is 129 Å². The number of esters is 1. The number of carbonyl (C=O) groups is 1. The summed E-state index contributed by atoms with van der Waals surface area (Å²) < 4.78 is 82.6. The summed E-state index contributed by atoms with van der Waals surface area (Å²) in [6.07, 6.45) is 0. The third-order valence-corrected chi connectivity index (χ3v) is 6.10. The van der Waals surface area contributed by atoms with Crippen molar-refractivity contribution in [2.45, 2.75) is 12.1 Å². The summed E-state index contributed by atoms with van der Waals surface area (Å²) in [4.78, 5) is 12.6. The van der Waals surface area contributed by atoms with Crippen molar-refractivity contribution in [3.8, 4) is 39.9 Å². The number of alkyl halides is 3. The third-order valence-electron chi connectivity index (χ3n) is 5.14. The van der Waals surface area contributed by atoms with Gasteiger partial charge in [0.2, 0.25) is 6.79 Å². The Balaban J connectivity index is 1.87. The molecule has 2 aliphatic rings. The van der Waals surface area contributed by atoms with Crippen molar-refractivity contribution < 1.29 is 55.0 Å². The lowest BCUT2D eigenvalue weighted by atomic mass is 9.89. The predicted molar refractivity (Wildman–Crippen MR) is 104 cm³/mol. The van der Waals surface area contributed by atoms with Gasteiger partial charge in [-0.05, 0) is 35.2 Å². The van der Waals surface area contributed by atoms with E-state index in [9.17, 15) is 36.6 Å². The van der Waals surface area contributed by atoms with Crippen LogP contribution in [0.1, 0.15) is 15.9 Å². The average Bonchev–Trinajstić information content (AvgIpc) is 3.35. The van der Waals surface area contributed by atoms with Crippen LogP contribution in [-0.4, -0.2) is 36.9 Å². The molecule has 0 saturated heterocycles. The molecule has 2 N–H and O–H groups in total. The highest BCUT2D eigenvalue weighted by molar-refractivity contribution is 7.88. The van der Waals surface area contributed by atoms with Crippen molar-refractivity contribution in [2.24, 2.45) is 0 Å². The van der Waals surface area contributed by atoms with Gasteiger partial charge in [-0.15, -0.1) is 0 Å². The zero-order valence-electron chi connectivity index (χ0n) is 16.1. The maximum absolute atomic E-state index is 13.0. The number of phenolic OH excluding ortho intramolecular Hbond substituents is 2. The van der Waals surface area contributed by atoms with E-state index in [1.54, 1.807) is 0 Å². The van der Waals surface area contributed by atoms with Gasteiger partial charge in [0.1, 0.15) is 6.61 Å². The minimum Gasteiger partial charge on any atom is -0.504 e. The predicted octanol–water partition coefficient (Wildman–Crippen LogP) is 3.55. The van der Waals surface area contributed by atoms with Crippen LogP contribution in [0.4, 0.5) is 13.2 Å². The van der Waals surface area contributed by atoms with Gasteiger partial charge in [-0.25, -0.2) is 4.79 Å². The summed E-state index contributed by atoms with van der Waals surface area (Å²) in [5.41, 5.74) is -5.84. The van der Waals surface area contributed by atoms with Crippen molar-refractivity contribution in [3.05, 3.63) is 41.5 Å². The molecule has 33 heavy (non-hydrogen) atoms. The summed E-state index contributed by atoms with van der Waals surface area (Å²) in [6, 6.07) is 6.38. The maximum atomic E-state index is 13.0. The Bertz CT molecular complexity index is 1460. The molecule has 0 radical (unpaired) electrons. The van der Waals surface area contributed by atoms with Crippen LogP contribution in [0, 0.1) is 0 Å². The van der Waals surface area contributed by atoms with Crippen LogP contribution in [0.2, 0.25) is 0 Å². The van der Waals surface area contributed by atoms with Crippen molar-refractivity contribution >= 4 is 26.9 Å². The molecule has 0 amide bonds. The number of hydrogen-bond donors (Lipinski definition) is 2. The minimum absolute atomic E-state index is 0.0452. The second-order valence-corrected chi connectivity index (χ2v) is 8.61. The number of carbonyl (C=O) groups excluding carboxylic acids is 1. The van der Waals surface area contributed by atoms with Gasteiger partial charge in [0.25, 0.3) is 0 Å². The van der Waals surface area contributed by atoms with Crippen LogP contribution < -0.4 is 13.7 Å². The summed E-state index contributed by atoms with van der Waals surface area (Å²) in [5, 5.41) is 19.7. The molecule has 0 aliphatic carbocycles. The molecule has 13 heteroatoms. The van der Waals surface area contributed by atoms with E-state index < -0.39 is 45.5 Å². The summed E-state index contributed by atoms with van der Waals surface area (Å²) in [5.74, 6) is -2.47. The molecule has 5 rings (SSSR count). The molecule has 3 aromatic rings. The number of benzene rings is 3. The number of cyclic esters (lactones) is 1. The molecule has 9 nitrogen and oxygen atoms in total. The number of halogens is 3. The Morgan fingerprint density at radius 1 is 0.909 bits per heavy atom. The molecule has 2 heterocycles. The third kappa shape index (κ3) is 3.15. The molecular formula is C20H11F3O9S. The van der Waals surface area contributed by atoms with Gasteiger partial charge in [0.15, 0.2) is 28.7 Å². The van der Waals surface area contributed by atoms with E-state index >= 15 is 0 Å². The summed E-state index contributed by atoms with van der Waals surface area (Å²) >= 11 is 0. The van der Waals surface area contributed by atoms with Gasteiger partial charge in [-0.3, -0.25) is 0 Å². The SMILES string of the molecule is O=C1OCc2c1c(-c1ccc3c(c1)OCO3)c1cc(O)c(O)cc1c2OS(=O)(=O)C(F)(F)F. The van der Waals surface area contributed by atoms with Crippen molar-refractivity contribution in [1.29, 1.82) is 0 Å². The fraction of sp³-hybridized carbons (Fsp3) is 0.150. The molecule has 2 aliphatic heterocycles. The monoisotopic (exact) mass is 484 g/mol. The molecule has 0 unspecified atom stereocenters. The maximum Gasteiger partial charge on any atom is 0.534 e. The fourth-order valence-electron chi connectivity index (χ4n) is 3.71. The van der Waals surface area contributed by atoms with Crippen LogP contribution in [0.15, 0.2) is 30.3 Å². The lowest BCUT2D eigenvalue weighted by Gasteiger charge is -2.18. The van der Waals surface area contributed by atoms with E-state index in [1.807, 2.05) is 0 Å². The molecule has 3 aromatic carbocycles. The Morgan fingerprint density at radius 3 is 2.27 bits per heavy atom. The quantitative estimate of drug-likeness (QED) is 0.248. The number of fused-ring (bicyclic) bond motifs is 3. The Morgan fingerprint density at radius 2 is 1.58 bits per heavy atom. The fourth-order valence-corrected chi connectivity index (χ4v) is 4.21. The highest BCUT2D eigenvalue weighted by atomic mass is 32.2. The van der Waals surface area contributed by atoms with Crippen LogP contribution in [0.25, 0.3) is 21.9 Å². The molecule has 0 fully saturated rings. The first-order valence-electron chi connectivity index (χ1n) is 9.10. The van der Waals surface area contributed by atoms with Crippen LogP contribution in [-0.2, 0) is 21.5 Å². The van der Waals surface area contributed by atoms with E-state index in [1.165, 1.54) is 18.2 Å². The zero-order chi connectivity index (χ0) is 23.7. The second-order valence-electron chi connectivity index (χ2n) is 7.07. The molecule has 172 valence electrons. The van der Waals surface area contributed by atoms with Gasteiger partial charge < -0.3 is 28.6 Å². The second kappa shape index (κ2) is 6.81. The molecule has 0 bridgehead atoms. The van der Waals surface area contributed by atoms with Crippen molar-refractivity contribution in [1.82, 2.24) is 0 Å². The smallest absolute Gasteiger partial charge is 0.504 e. The van der Waals surface area contributed by atoms with Gasteiger partial charge in [-0.2, -0.15) is 21.6 Å². The number of hydrogen-bond acceptors (Lipinski definition) is 9. The van der Waals surface area contributed by atoms with Gasteiger partial charge in [-0.1, -0.05) is 6.07 Å². The summed E-state index contributed by atoms with van der Waals surface area (Å²) in [6.45, 7) is -0.623. The average molecular weight is 484 g/mol. The number of ether oxygens (including phenoxy) is 3. The van der Waals surface area contributed by atoms with Gasteiger partial charge in [0, 0.05) is 16.5 Å². The molecule has 0 aromatic heterocycles. The van der Waals surface area contributed by atoms with E-state index in [0.29, 0.717) is 17.1 Å². The zero-order valence-corrected chi connectivity index (χ0v) is 16.9. The first-order valence-corrected chi connectivity index (χ1v) is 10.5. The van der Waals surface area contributed by atoms with E-state index in [0.717, 1.165) is 12.1 Å². The first kappa shape index (κ1) is 21.0. The number of aromatic hydroxyl groups is 2. The lowest BCUT2D eigenvalue weighted by molar-refractivity contribution is -0.0500. The Labute approximate surface area is 182 Å². The van der Waals surface area contributed by atoms with Crippen LogP contribution in [0.5, 0.6) is 28.7 Å². The minimum atomic E-state index is -6.14. The van der Waals surface area contributed by atoms with Crippen LogP contribution in [0.3, 0.4) is 0 Å². The van der Waals surface area contributed by atoms with Gasteiger partial charge >= 0.3 is 21.6 Å². The standard InChI is InChI=1S/C20H11F3O9S/c21-20(22,23)33(27,28)32-18-10-5-13(25)12(24)4-9(10)16(17-11(18)6-29-19(17)26)8-1-2-14-15(3-8)31-7-30-14/h1-5,24-25H,6-7H2. The lowest BCUT2D eigenvalue weighted by Crippen LogP contribution is -2.28. The highest BCUT2D eigenvalue weighted by Crippen LogP contribution is 2.49. The first-order chi connectivity index (χ1) is 15.5. The Kier molecular flexibility index (Phi) is 4.34. The molecule has 0 atom stereocenters. The molecule has 0 spiro atoms. The van der Waals surface area contributed by atoms with E-state index in [-0.39, 0.29) is 34.3 Å². The molecular weight excluding hydrogens is 473 g/mol. The Hall–Kier alpha value is -3.87. The van der Waals surface area contributed by atoms with E-state index in [2.05, 4.69) is 4.18 Å². The van der Waals surface area contributed by atoms with Crippen LogP contribution >= 0.6 is 0 Å². The normalized spacial score (nSPS) is 14.9.